The fourth-order valence-electron chi connectivity index (χ4n) is 3.87. The van der Waals surface area contributed by atoms with E-state index in [1.807, 2.05) is 44.2 Å². The zero-order chi connectivity index (χ0) is 22.9. The number of fused-ring (bicyclic) bond motifs is 1. The Balaban J connectivity index is 1.39. The summed E-state index contributed by atoms with van der Waals surface area (Å²) in [5.41, 5.74) is 3.97. The van der Waals surface area contributed by atoms with Crippen molar-refractivity contribution in [2.24, 2.45) is 0 Å². The van der Waals surface area contributed by atoms with E-state index in [0.29, 0.717) is 39.5 Å². The summed E-state index contributed by atoms with van der Waals surface area (Å²) >= 11 is 12.8. The van der Waals surface area contributed by atoms with Crippen LogP contribution in [0.3, 0.4) is 0 Å². The highest BCUT2D eigenvalue weighted by Gasteiger charge is 2.20. The van der Waals surface area contributed by atoms with Crippen molar-refractivity contribution in [3.05, 3.63) is 64.0 Å². The molecular weight excluding hydrogens is 463 g/mol. The second kappa shape index (κ2) is 9.17. The number of halogens is 2. The van der Waals surface area contributed by atoms with Crippen molar-refractivity contribution in [2.75, 3.05) is 13.2 Å². The lowest BCUT2D eigenvalue weighted by atomic mass is 10.1. The van der Waals surface area contributed by atoms with E-state index in [0.717, 1.165) is 35.2 Å². The molecule has 0 saturated carbocycles. The fraction of sp³-hybridized carbons (Fsp3) is 0.292. The van der Waals surface area contributed by atoms with Gasteiger partial charge in [0, 0.05) is 41.4 Å². The number of hydrogen-bond donors (Lipinski definition) is 1. The quantitative estimate of drug-likeness (QED) is 0.364. The second-order valence-corrected chi connectivity index (χ2v) is 8.73. The SMILES string of the molecule is Cc1ncc(Cl)c([C@@H](C)Oc2ccc3[nH]nc(-c4ccc(O[C@H]5CCOC5)nc4)c3c2)c1Cl. The van der Waals surface area contributed by atoms with Crippen LogP contribution in [0.25, 0.3) is 22.2 Å². The third-order valence-corrected chi connectivity index (χ3v) is 6.40. The molecule has 3 aromatic heterocycles. The molecule has 5 rings (SSSR count). The number of H-pyrrole nitrogens is 1. The summed E-state index contributed by atoms with van der Waals surface area (Å²) in [6.45, 7) is 5.07. The maximum absolute atomic E-state index is 6.44. The van der Waals surface area contributed by atoms with Gasteiger partial charge in [-0.1, -0.05) is 23.2 Å². The van der Waals surface area contributed by atoms with Gasteiger partial charge in [-0.3, -0.25) is 10.1 Å². The van der Waals surface area contributed by atoms with Gasteiger partial charge >= 0.3 is 0 Å². The van der Waals surface area contributed by atoms with Crippen molar-refractivity contribution in [1.82, 2.24) is 20.2 Å². The Labute approximate surface area is 201 Å². The third-order valence-electron chi connectivity index (χ3n) is 5.62. The van der Waals surface area contributed by atoms with Gasteiger partial charge in [-0.05, 0) is 38.1 Å². The average Bonchev–Trinajstić information content (AvgIpc) is 3.47. The van der Waals surface area contributed by atoms with Crippen LogP contribution in [0.5, 0.6) is 11.6 Å². The molecule has 7 nitrogen and oxygen atoms in total. The van der Waals surface area contributed by atoms with E-state index in [9.17, 15) is 0 Å². The summed E-state index contributed by atoms with van der Waals surface area (Å²) in [6.07, 6.45) is 3.93. The highest BCUT2D eigenvalue weighted by Crippen LogP contribution is 2.36. The summed E-state index contributed by atoms with van der Waals surface area (Å²) < 4.78 is 17.4. The fourth-order valence-corrected chi connectivity index (χ4v) is 4.52. The summed E-state index contributed by atoms with van der Waals surface area (Å²) in [5.74, 6) is 1.25. The molecule has 4 heterocycles. The highest BCUT2D eigenvalue weighted by molar-refractivity contribution is 6.36. The lowest BCUT2D eigenvalue weighted by molar-refractivity contribution is 0.138. The average molecular weight is 485 g/mol. The van der Waals surface area contributed by atoms with Gasteiger partial charge in [-0.25, -0.2) is 4.98 Å². The predicted octanol–water partition coefficient (Wildman–Crippen LogP) is 5.94. The molecule has 170 valence electrons. The summed E-state index contributed by atoms with van der Waals surface area (Å²) in [6, 6.07) is 9.56. The lowest BCUT2D eigenvalue weighted by Gasteiger charge is -2.18. The van der Waals surface area contributed by atoms with Crippen LogP contribution in [0.1, 0.15) is 30.7 Å². The molecule has 0 amide bonds. The standard InChI is InChI=1S/C24H22Cl2N4O3/c1-13-23(26)22(19(25)11-27-13)14(2)32-16-4-5-20-18(9-16)24(30-29-20)15-3-6-21(28-10-15)33-17-7-8-31-12-17/h3-6,9-11,14,17H,7-8,12H2,1-2H3,(H,29,30)/t14-,17+/m1/s1. The largest absolute Gasteiger partial charge is 0.486 e. The van der Waals surface area contributed by atoms with Crippen molar-refractivity contribution in [2.45, 2.75) is 32.5 Å². The van der Waals surface area contributed by atoms with Crippen LogP contribution in [0.4, 0.5) is 0 Å². The van der Waals surface area contributed by atoms with Crippen molar-refractivity contribution < 1.29 is 14.2 Å². The Bertz CT molecular complexity index is 1290. The number of nitrogens with one attached hydrogen (secondary N) is 1. The molecule has 1 N–H and O–H groups in total. The van der Waals surface area contributed by atoms with E-state index in [-0.39, 0.29) is 12.2 Å². The van der Waals surface area contributed by atoms with E-state index in [2.05, 4.69) is 20.2 Å². The normalized spacial score (nSPS) is 16.8. The van der Waals surface area contributed by atoms with E-state index in [1.165, 1.54) is 0 Å². The number of hydrogen-bond acceptors (Lipinski definition) is 6. The molecule has 1 aliphatic rings. The smallest absolute Gasteiger partial charge is 0.213 e. The first-order valence-electron chi connectivity index (χ1n) is 10.7. The van der Waals surface area contributed by atoms with Crippen LogP contribution in [-0.2, 0) is 4.74 Å². The summed E-state index contributed by atoms with van der Waals surface area (Å²) in [5, 5.41) is 9.45. The second-order valence-electron chi connectivity index (χ2n) is 7.95. The molecule has 0 unspecified atom stereocenters. The molecule has 0 spiro atoms. The van der Waals surface area contributed by atoms with Crippen LogP contribution in [0, 0.1) is 6.92 Å². The Morgan fingerprint density at radius 2 is 2.03 bits per heavy atom. The molecular formula is C24H22Cl2N4O3. The van der Waals surface area contributed by atoms with Crippen molar-refractivity contribution in [3.8, 4) is 22.9 Å². The molecule has 1 saturated heterocycles. The Morgan fingerprint density at radius 1 is 1.15 bits per heavy atom. The summed E-state index contributed by atoms with van der Waals surface area (Å²) in [4.78, 5) is 8.63. The first-order valence-corrected chi connectivity index (χ1v) is 11.4. The number of pyridine rings is 2. The number of rotatable bonds is 6. The topological polar surface area (TPSA) is 82.2 Å². The van der Waals surface area contributed by atoms with Gasteiger partial charge in [-0.2, -0.15) is 5.10 Å². The van der Waals surface area contributed by atoms with E-state index >= 15 is 0 Å². The Morgan fingerprint density at radius 3 is 2.79 bits per heavy atom. The molecule has 1 fully saturated rings. The van der Waals surface area contributed by atoms with Gasteiger partial charge in [0.05, 0.1) is 34.5 Å². The molecule has 4 aromatic rings. The van der Waals surface area contributed by atoms with Gasteiger partial charge in [0.15, 0.2) is 0 Å². The maximum Gasteiger partial charge on any atom is 0.213 e. The van der Waals surface area contributed by atoms with Crippen LogP contribution < -0.4 is 9.47 Å². The van der Waals surface area contributed by atoms with Crippen molar-refractivity contribution >= 4 is 34.1 Å². The zero-order valence-corrected chi connectivity index (χ0v) is 19.7. The molecule has 9 heteroatoms. The predicted molar refractivity (Wildman–Crippen MR) is 127 cm³/mol. The number of aromatic amines is 1. The number of ether oxygens (including phenoxy) is 3. The lowest BCUT2D eigenvalue weighted by Crippen LogP contribution is -2.16. The Hall–Kier alpha value is -2.87. The minimum Gasteiger partial charge on any atom is -0.486 e. The Kier molecular flexibility index (Phi) is 6.10. The van der Waals surface area contributed by atoms with Crippen molar-refractivity contribution in [1.29, 1.82) is 0 Å². The zero-order valence-electron chi connectivity index (χ0n) is 18.1. The van der Waals surface area contributed by atoms with Gasteiger partial charge < -0.3 is 14.2 Å². The molecule has 1 aromatic carbocycles. The number of benzene rings is 1. The van der Waals surface area contributed by atoms with E-state index < -0.39 is 0 Å². The molecule has 0 aliphatic carbocycles. The molecule has 1 aliphatic heterocycles. The molecule has 2 atom stereocenters. The molecule has 0 bridgehead atoms. The van der Waals surface area contributed by atoms with Gasteiger partial charge in [0.1, 0.15) is 23.7 Å². The van der Waals surface area contributed by atoms with Crippen LogP contribution in [0.15, 0.2) is 42.7 Å². The van der Waals surface area contributed by atoms with Gasteiger partial charge in [0.2, 0.25) is 5.88 Å². The molecule has 33 heavy (non-hydrogen) atoms. The minimum absolute atomic E-state index is 0.0578. The summed E-state index contributed by atoms with van der Waals surface area (Å²) in [7, 11) is 0. The number of aryl methyl sites for hydroxylation is 1. The van der Waals surface area contributed by atoms with Gasteiger partial charge in [0.25, 0.3) is 0 Å². The third kappa shape index (κ3) is 4.49. The van der Waals surface area contributed by atoms with Gasteiger partial charge in [-0.15, -0.1) is 0 Å². The molecule has 0 radical (unpaired) electrons. The monoisotopic (exact) mass is 484 g/mol. The first kappa shape index (κ1) is 21.9. The van der Waals surface area contributed by atoms with E-state index in [1.54, 1.807) is 12.4 Å². The number of nitrogens with zero attached hydrogens (tertiary/aromatic N) is 3. The highest BCUT2D eigenvalue weighted by atomic mass is 35.5. The van der Waals surface area contributed by atoms with Crippen LogP contribution in [0.2, 0.25) is 10.0 Å². The van der Waals surface area contributed by atoms with E-state index in [4.69, 9.17) is 37.4 Å². The first-order chi connectivity index (χ1) is 16.0. The van der Waals surface area contributed by atoms with Crippen molar-refractivity contribution in [3.63, 3.8) is 0 Å². The number of aromatic nitrogens is 4. The van der Waals surface area contributed by atoms with Crippen LogP contribution >= 0.6 is 23.2 Å². The maximum atomic E-state index is 6.44. The minimum atomic E-state index is -0.364. The van der Waals surface area contributed by atoms with Crippen LogP contribution in [-0.4, -0.2) is 39.5 Å².